The summed E-state index contributed by atoms with van der Waals surface area (Å²) < 4.78 is 7.36. The Bertz CT molecular complexity index is 1840. The number of ether oxygens (including phenoxy) is 1. The molecule has 188 valence electrons. The molecule has 0 aliphatic rings. The SMILES string of the molecule is N=C(N)c1cccc(Oc2ccc3c(c2)cc(C(=O)O)c(=O)n3Cc2ccc3ccc(C(=N)N)cc3c2)c1. The molecule has 4 aromatic carbocycles. The highest BCUT2D eigenvalue weighted by atomic mass is 16.5. The second-order valence-corrected chi connectivity index (χ2v) is 8.83. The van der Waals surface area contributed by atoms with Crippen molar-refractivity contribution in [2.75, 3.05) is 0 Å². The summed E-state index contributed by atoms with van der Waals surface area (Å²) in [5, 5.41) is 27.3. The quantitative estimate of drug-likeness (QED) is 0.163. The summed E-state index contributed by atoms with van der Waals surface area (Å²) in [4.78, 5) is 25.1. The highest BCUT2D eigenvalue weighted by Gasteiger charge is 2.16. The average molecular weight is 506 g/mol. The van der Waals surface area contributed by atoms with E-state index in [0.29, 0.717) is 33.5 Å². The lowest BCUT2D eigenvalue weighted by Gasteiger charge is -2.14. The highest BCUT2D eigenvalue weighted by Crippen LogP contribution is 2.27. The van der Waals surface area contributed by atoms with E-state index in [4.69, 9.17) is 27.0 Å². The summed E-state index contributed by atoms with van der Waals surface area (Å²) in [6.45, 7) is 0.136. The lowest BCUT2D eigenvalue weighted by Crippen LogP contribution is -2.27. The first kappa shape index (κ1) is 24.3. The summed E-state index contributed by atoms with van der Waals surface area (Å²) in [6, 6.07) is 24.3. The summed E-state index contributed by atoms with van der Waals surface area (Å²) in [7, 11) is 0. The lowest BCUT2D eigenvalue weighted by atomic mass is 10.0. The minimum Gasteiger partial charge on any atom is -0.477 e. The van der Waals surface area contributed by atoms with Crippen molar-refractivity contribution in [1.82, 2.24) is 4.57 Å². The molecule has 38 heavy (non-hydrogen) atoms. The van der Waals surface area contributed by atoms with Crippen molar-refractivity contribution in [3.05, 3.63) is 118 Å². The van der Waals surface area contributed by atoms with Crippen LogP contribution in [-0.4, -0.2) is 27.3 Å². The van der Waals surface area contributed by atoms with E-state index in [1.807, 2.05) is 24.3 Å². The number of nitrogen functional groups attached to an aromatic ring is 2. The molecule has 0 saturated carbocycles. The number of carboxylic acid groups (broad SMARTS) is 1. The Hall–Kier alpha value is -5.44. The van der Waals surface area contributed by atoms with E-state index < -0.39 is 11.5 Å². The van der Waals surface area contributed by atoms with Crippen molar-refractivity contribution in [2.24, 2.45) is 11.5 Å². The van der Waals surface area contributed by atoms with Crippen LogP contribution >= 0.6 is 0 Å². The second-order valence-electron chi connectivity index (χ2n) is 8.83. The average Bonchev–Trinajstić information content (AvgIpc) is 2.89. The molecule has 1 aromatic heterocycles. The Balaban J connectivity index is 1.57. The summed E-state index contributed by atoms with van der Waals surface area (Å²) in [5.74, 6) is -0.558. The van der Waals surface area contributed by atoms with E-state index >= 15 is 0 Å². The van der Waals surface area contributed by atoms with Crippen molar-refractivity contribution in [1.29, 1.82) is 10.8 Å². The van der Waals surface area contributed by atoms with Crippen LogP contribution in [0.5, 0.6) is 11.5 Å². The molecule has 0 atom stereocenters. The molecule has 0 bridgehead atoms. The molecule has 0 radical (unpaired) electrons. The Morgan fingerprint density at radius 1 is 0.789 bits per heavy atom. The van der Waals surface area contributed by atoms with Gasteiger partial charge in [-0.15, -0.1) is 0 Å². The number of aromatic carboxylic acids is 1. The zero-order valence-corrected chi connectivity index (χ0v) is 20.1. The molecule has 0 aliphatic carbocycles. The largest absolute Gasteiger partial charge is 0.477 e. The Morgan fingerprint density at radius 2 is 1.50 bits per heavy atom. The monoisotopic (exact) mass is 505 g/mol. The molecule has 0 spiro atoms. The summed E-state index contributed by atoms with van der Waals surface area (Å²) >= 11 is 0. The van der Waals surface area contributed by atoms with Gasteiger partial charge in [0.15, 0.2) is 0 Å². The van der Waals surface area contributed by atoms with Gasteiger partial charge in [-0.1, -0.05) is 36.4 Å². The number of nitrogens with one attached hydrogen (secondary N) is 2. The van der Waals surface area contributed by atoms with Gasteiger partial charge in [0.1, 0.15) is 28.7 Å². The predicted octanol–water partition coefficient (Wildman–Crippen LogP) is 4.26. The Morgan fingerprint density at radius 3 is 2.24 bits per heavy atom. The molecular weight excluding hydrogens is 482 g/mol. The van der Waals surface area contributed by atoms with Gasteiger partial charge in [0, 0.05) is 16.5 Å². The third-order valence-corrected chi connectivity index (χ3v) is 6.23. The maximum Gasteiger partial charge on any atom is 0.341 e. The molecule has 0 fully saturated rings. The van der Waals surface area contributed by atoms with Gasteiger partial charge in [0.2, 0.25) is 0 Å². The van der Waals surface area contributed by atoms with Gasteiger partial charge in [-0.25, -0.2) is 4.79 Å². The lowest BCUT2D eigenvalue weighted by molar-refractivity contribution is 0.0694. The van der Waals surface area contributed by atoms with Crippen molar-refractivity contribution in [3.8, 4) is 11.5 Å². The van der Waals surface area contributed by atoms with Gasteiger partial charge in [-0.2, -0.15) is 0 Å². The van der Waals surface area contributed by atoms with E-state index in [9.17, 15) is 14.7 Å². The van der Waals surface area contributed by atoms with E-state index in [1.54, 1.807) is 54.6 Å². The van der Waals surface area contributed by atoms with Crippen molar-refractivity contribution in [2.45, 2.75) is 6.54 Å². The molecule has 5 aromatic rings. The van der Waals surface area contributed by atoms with Crippen LogP contribution in [0.25, 0.3) is 21.7 Å². The fourth-order valence-electron chi connectivity index (χ4n) is 4.35. The number of fused-ring (bicyclic) bond motifs is 2. The van der Waals surface area contributed by atoms with E-state index in [-0.39, 0.29) is 23.8 Å². The minimum absolute atomic E-state index is 0.0419. The van der Waals surface area contributed by atoms with E-state index in [2.05, 4.69) is 0 Å². The number of nitrogens with two attached hydrogens (primary N) is 2. The molecule has 7 N–H and O–H groups in total. The van der Waals surface area contributed by atoms with E-state index in [1.165, 1.54) is 10.6 Å². The van der Waals surface area contributed by atoms with Crippen LogP contribution in [0.2, 0.25) is 0 Å². The van der Waals surface area contributed by atoms with Gasteiger partial charge in [0.25, 0.3) is 5.56 Å². The highest BCUT2D eigenvalue weighted by molar-refractivity contribution is 5.99. The fraction of sp³-hybridized carbons (Fsp3) is 0.0345. The molecule has 0 amide bonds. The molecule has 0 unspecified atom stereocenters. The topological polar surface area (TPSA) is 168 Å². The Kier molecular flexibility index (Phi) is 6.10. The van der Waals surface area contributed by atoms with Crippen molar-refractivity contribution in [3.63, 3.8) is 0 Å². The molecule has 9 heteroatoms. The minimum atomic E-state index is -1.32. The third-order valence-electron chi connectivity index (χ3n) is 6.23. The molecule has 0 aliphatic heterocycles. The molecule has 1 heterocycles. The first-order chi connectivity index (χ1) is 18.2. The number of rotatable bonds is 7. The molecule has 9 nitrogen and oxygen atoms in total. The third kappa shape index (κ3) is 4.68. The standard InChI is InChI=1S/C29H23N5O4/c30-26(31)18-2-1-3-22(12-18)38-23-8-9-25-21(13-23)14-24(29(36)37)28(35)34(25)15-16-4-5-17-6-7-19(27(32)33)11-20(17)10-16/h1-14H,15H2,(H3,30,31)(H3,32,33)(H,36,37). The zero-order chi connectivity index (χ0) is 27.0. The van der Waals surface area contributed by atoms with Crippen molar-refractivity contribution >= 4 is 39.3 Å². The maximum atomic E-state index is 13.2. The first-order valence-electron chi connectivity index (χ1n) is 11.6. The zero-order valence-electron chi connectivity index (χ0n) is 20.1. The second kappa shape index (κ2) is 9.55. The van der Waals surface area contributed by atoms with Crippen LogP contribution < -0.4 is 21.8 Å². The number of hydrogen-bond donors (Lipinski definition) is 5. The summed E-state index contributed by atoms with van der Waals surface area (Å²) in [6.07, 6.45) is 0. The van der Waals surface area contributed by atoms with Crippen LogP contribution in [-0.2, 0) is 6.54 Å². The van der Waals surface area contributed by atoms with Gasteiger partial charge in [-0.3, -0.25) is 15.6 Å². The van der Waals surface area contributed by atoms with Crippen LogP contribution in [0.15, 0.2) is 89.7 Å². The maximum absolute atomic E-state index is 13.2. The number of carboxylic acids is 1. The van der Waals surface area contributed by atoms with Gasteiger partial charge < -0.3 is 25.9 Å². The van der Waals surface area contributed by atoms with Gasteiger partial charge >= 0.3 is 5.97 Å². The first-order valence-corrected chi connectivity index (χ1v) is 11.6. The van der Waals surface area contributed by atoms with Crippen LogP contribution in [0.4, 0.5) is 0 Å². The number of hydrogen-bond acceptors (Lipinski definition) is 5. The van der Waals surface area contributed by atoms with Gasteiger partial charge in [-0.05, 0) is 64.9 Å². The fourth-order valence-corrected chi connectivity index (χ4v) is 4.35. The van der Waals surface area contributed by atoms with Crippen LogP contribution in [0, 0.1) is 10.8 Å². The molecule has 5 rings (SSSR count). The Labute approximate surface area is 216 Å². The van der Waals surface area contributed by atoms with Crippen LogP contribution in [0.1, 0.15) is 27.0 Å². The van der Waals surface area contributed by atoms with E-state index in [0.717, 1.165) is 16.3 Å². The number of benzene rings is 4. The number of pyridine rings is 1. The van der Waals surface area contributed by atoms with Gasteiger partial charge in [0.05, 0.1) is 12.1 Å². The molecule has 0 saturated heterocycles. The number of aromatic nitrogens is 1. The van der Waals surface area contributed by atoms with Crippen LogP contribution in [0.3, 0.4) is 0 Å². The number of carbonyl (C=O) groups is 1. The van der Waals surface area contributed by atoms with Crippen molar-refractivity contribution < 1.29 is 14.6 Å². The smallest absolute Gasteiger partial charge is 0.341 e. The number of amidine groups is 2. The number of nitrogens with zero attached hydrogens (tertiary/aromatic N) is 1. The normalized spacial score (nSPS) is 10.9. The predicted molar refractivity (Wildman–Crippen MR) is 147 cm³/mol. The summed E-state index contributed by atoms with van der Waals surface area (Å²) in [5.41, 5.74) is 12.6. The molecular formula is C29H23N5O4.